The van der Waals surface area contributed by atoms with Crippen LogP contribution in [-0.4, -0.2) is 38.9 Å². The second kappa shape index (κ2) is 10.9. The lowest BCUT2D eigenvalue weighted by Crippen LogP contribution is -3.12. The molecule has 1 heterocycles. The molecule has 0 saturated carbocycles. The summed E-state index contributed by atoms with van der Waals surface area (Å²) in [6, 6.07) is 7.44. The summed E-state index contributed by atoms with van der Waals surface area (Å²) in [7, 11) is 0. The number of amides is 1. The number of rotatable bonds is 9. The number of nitrogens with one attached hydrogen (secondary N) is 2. The Morgan fingerprint density at radius 2 is 2.00 bits per heavy atom. The molecule has 1 amide bonds. The van der Waals surface area contributed by atoms with E-state index >= 15 is 0 Å². The van der Waals surface area contributed by atoms with Gasteiger partial charge in [0.25, 0.3) is 0 Å². The first-order valence-electron chi connectivity index (χ1n) is 9.28. The number of benzene rings is 1. The number of carbonyl (C=O) groups excluding carboxylic acids is 1. The molecule has 134 valence electrons. The topological polar surface area (TPSA) is 52.0 Å². The maximum atomic E-state index is 11.9. The van der Waals surface area contributed by atoms with E-state index in [4.69, 9.17) is 9.47 Å². The molecule has 5 nitrogen and oxygen atoms in total. The van der Waals surface area contributed by atoms with Crippen LogP contribution in [-0.2, 0) is 4.74 Å². The Morgan fingerprint density at radius 1 is 1.17 bits per heavy atom. The fraction of sp³-hybridized carbons (Fsp3) is 0.632. The van der Waals surface area contributed by atoms with Gasteiger partial charge < -0.3 is 14.4 Å². The molecule has 1 saturated heterocycles. The predicted octanol–water partition coefficient (Wildman–Crippen LogP) is 2.87. The van der Waals surface area contributed by atoms with Crippen LogP contribution in [0.2, 0.25) is 0 Å². The molecule has 0 radical (unpaired) electrons. The quantitative estimate of drug-likeness (QED) is 0.682. The SMILES string of the molecule is CCCCOc1cccc(NC(=O)OCCC[NH+]2CCCCC2)c1. The zero-order valence-electron chi connectivity index (χ0n) is 14.8. The summed E-state index contributed by atoms with van der Waals surface area (Å²) in [6.45, 7) is 6.91. The van der Waals surface area contributed by atoms with Gasteiger partial charge in [-0.3, -0.25) is 5.32 Å². The Kier molecular flexibility index (Phi) is 8.46. The standard InChI is InChI=1S/C19H30N2O3/c1-2-3-14-23-18-10-7-9-17(16-18)20-19(22)24-15-8-13-21-11-5-4-6-12-21/h7,9-10,16H,2-6,8,11-15H2,1H3,(H,20,22)/p+1. The van der Waals surface area contributed by atoms with Crippen molar-refractivity contribution in [3.8, 4) is 5.75 Å². The van der Waals surface area contributed by atoms with E-state index in [-0.39, 0.29) is 0 Å². The molecule has 0 unspecified atom stereocenters. The summed E-state index contributed by atoms with van der Waals surface area (Å²) >= 11 is 0. The largest absolute Gasteiger partial charge is 0.494 e. The van der Waals surface area contributed by atoms with Gasteiger partial charge in [-0.1, -0.05) is 19.4 Å². The van der Waals surface area contributed by atoms with Crippen molar-refractivity contribution in [2.45, 2.75) is 45.4 Å². The van der Waals surface area contributed by atoms with E-state index in [9.17, 15) is 4.79 Å². The minimum absolute atomic E-state index is 0.394. The van der Waals surface area contributed by atoms with E-state index < -0.39 is 6.09 Å². The number of quaternary nitrogens is 1. The van der Waals surface area contributed by atoms with E-state index in [0.717, 1.165) is 31.6 Å². The lowest BCUT2D eigenvalue weighted by atomic mass is 10.1. The van der Waals surface area contributed by atoms with Gasteiger partial charge in [-0.05, 0) is 37.8 Å². The Balaban J connectivity index is 1.63. The van der Waals surface area contributed by atoms with Crippen LogP contribution in [0.15, 0.2) is 24.3 Å². The minimum atomic E-state index is -0.394. The fourth-order valence-electron chi connectivity index (χ4n) is 2.94. The molecule has 2 rings (SSSR count). The van der Waals surface area contributed by atoms with Crippen LogP contribution in [0.4, 0.5) is 10.5 Å². The molecule has 1 aliphatic rings. The van der Waals surface area contributed by atoms with Crippen LogP contribution >= 0.6 is 0 Å². The van der Waals surface area contributed by atoms with Gasteiger partial charge in [0.15, 0.2) is 0 Å². The molecule has 1 aliphatic heterocycles. The van der Waals surface area contributed by atoms with Gasteiger partial charge in [-0.2, -0.15) is 0 Å². The fourth-order valence-corrected chi connectivity index (χ4v) is 2.94. The van der Waals surface area contributed by atoms with Crippen molar-refractivity contribution in [3.63, 3.8) is 0 Å². The van der Waals surface area contributed by atoms with E-state index in [1.54, 1.807) is 4.90 Å². The second-order valence-electron chi connectivity index (χ2n) is 6.40. The van der Waals surface area contributed by atoms with Crippen molar-refractivity contribution in [2.75, 3.05) is 38.2 Å². The molecule has 0 spiro atoms. The van der Waals surface area contributed by atoms with Crippen molar-refractivity contribution >= 4 is 11.8 Å². The number of anilines is 1. The zero-order chi connectivity index (χ0) is 17.0. The van der Waals surface area contributed by atoms with Crippen LogP contribution in [0.25, 0.3) is 0 Å². The maximum absolute atomic E-state index is 11.9. The summed E-state index contributed by atoms with van der Waals surface area (Å²) in [6.07, 6.45) is 6.67. The first kappa shape index (κ1) is 18.6. The third kappa shape index (κ3) is 7.21. The normalized spacial score (nSPS) is 15.0. The van der Waals surface area contributed by atoms with E-state index in [2.05, 4.69) is 12.2 Å². The zero-order valence-corrected chi connectivity index (χ0v) is 14.8. The second-order valence-corrected chi connectivity index (χ2v) is 6.40. The Morgan fingerprint density at radius 3 is 2.79 bits per heavy atom. The number of hydrogen-bond donors (Lipinski definition) is 2. The summed E-state index contributed by atoms with van der Waals surface area (Å²) in [4.78, 5) is 13.5. The molecule has 2 N–H and O–H groups in total. The summed E-state index contributed by atoms with van der Waals surface area (Å²) in [5.74, 6) is 0.773. The molecule has 0 atom stereocenters. The molecule has 5 heteroatoms. The average Bonchev–Trinajstić information content (AvgIpc) is 2.60. The predicted molar refractivity (Wildman–Crippen MR) is 95.8 cm³/mol. The Labute approximate surface area is 145 Å². The van der Waals surface area contributed by atoms with Crippen LogP contribution in [0, 0.1) is 0 Å². The third-order valence-corrected chi connectivity index (χ3v) is 4.32. The van der Waals surface area contributed by atoms with Crippen LogP contribution in [0.3, 0.4) is 0 Å². The molecule has 24 heavy (non-hydrogen) atoms. The van der Waals surface area contributed by atoms with Crippen molar-refractivity contribution < 1.29 is 19.2 Å². The number of ether oxygens (including phenoxy) is 2. The number of carbonyl (C=O) groups is 1. The minimum Gasteiger partial charge on any atom is -0.494 e. The van der Waals surface area contributed by atoms with Crippen LogP contribution in [0.5, 0.6) is 5.75 Å². The molecule has 1 aromatic carbocycles. The number of unbranched alkanes of at least 4 members (excludes halogenated alkanes) is 1. The van der Waals surface area contributed by atoms with Gasteiger partial charge in [-0.25, -0.2) is 4.79 Å². The first-order valence-corrected chi connectivity index (χ1v) is 9.28. The number of hydrogen-bond acceptors (Lipinski definition) is 3. The molecular formula is C19H31N2O3+. The smallest absolute Gasteiger partial charge is 0.411 e. The summed E-state index contributed by atoms with van der Waals surface area (Å²) in [5.41, 5.74) is 0.704. The Hall–Kier alpha value is -1.75. The van der Waals surface area contributed by atoms with Crippen LogP contribution < -0.4 is 15.0 Å². The molecule has 0 aromatic heterocycles. The molecule has 1 aromatic rings. The third-order valence-electron chi connectivity index (χ3n) is 4.32. The molecule has 0 aliphatic carbocycles. The van der Waals surface area contributed by atoms with Gasteiger partial charge in [-0.15, -0.1) is 0 Å². The number of likely N-dealkylation sites (tertiary alicyclic amines) is 1. The lowest BCUT2D eigenvalue weighted by Gasteiger charge is -2.23. The van der Waals surface area contributed by atoms with Gasteiger partial charge in [0.2, 0.25) is 0 Å². The maximum Gasteiger partial charge on any atom is 0.411 e. The van der Waals surface area contributed by atoms with Gasteiger partial charge >= 0.3 is 6.09 Å². The lowest BCUT2D eigenvalue weighted by molar-refractivity contribution is -0.905. The monoisotopic (exact) mass is 335 g/mol. The van der Waals surface area contributed by atoms with Gasteiger partial charge in [0.05, 0.1) is 32.8 Å². The van der Waals surface area contributed by atoms with Crippen molar-refractivity contribution in [1.82, 2.24) is 0 Å². The molecule has 1 fully saturated rings. The highest BCUT2D eigenvalue weighted by molar-refractivity contribution is 5.84. The summed E-state index contributed by atoms with van der Waals surface area (Å²) < 4.78 is 10.9. The highest BCUT2D eigenvalue weighted by Crippen LogP contribution is 2.17. The highest BCUT2D eigenvalue weighted by Gasteiger charge is 2.13. The number of piperidine rings is 1. The first-order chi connectivity index (χ1) is 11.8. The van der Waals surface area contributed by atoms with Gasteiger partial charge in [0.1, 0.15) is 5.75 Å². The van der Waals surface area contributed by atoms with Crippen molar-refractivity contribution in [2.24, 2.45) is 0 Å². The summed E-state index contributed by atoms with van der Waals surface area (Å²) in [5, 5.41) is 2.76. The average molecular weight is 335 g/mol. The van der Waals surface area contributed by atoms with Gasteiger partial charge in [0, 0.05) is 18.2 Å². The molecule has 0 bridgehead atoms. The Bertz CT molecular complexity index is 487. The van der Waals surface area contributed by atoms with E-state index in [1.165, 1.54) is 32.4 Å². The highest BCUT2D eigenvalue weighted by atomic mass is 16.5. The molecular weight excluding hydrogens is 304 g/mol. The van der Waals surface area contributed by atoms with Crippen molar-refractivity contribution in [3.05, 3.63) is 24.3 Å². The van der Waals surface area contributed by atoms with E-state index in [0.29, 0.717) is 18.9 Å². The van der Waals surface area contributed by atoms with Crippen molar-refractivity contribution in [1.29, 1.82) is 0 Å². The van der Waals surface area contributed by atoms with Crippen LogP contribution in [0.1, 0.15) is 45.4 Å². The van der Waals surface area contributed by atoms with E-state index in [1.807, 2.05) is 24.3 Å².